The highest BCUT2D eigenvalue weighted by molar-refractivity contribution is 5.89. The SMILES string of the molecule is CN(C)C(=NCc1cccc(C(=O)OCc2ccccc2)c1)N(C)C. The van der Waals surface area contributed by atoms with Crippen LogP contribution < -0.4 is 0 Å². The molecule has 2 rings (SSSR count). The topological polar surface area (TPSA) is 45.1 Å². The minimum absolute atomic E-state index is 0.271. The molecule has 0 fully saturated rings. The summed E-state index contributed by atoms with van der Waals surface area (Å²) in [4.78, 5) is 20.8. The van der Waals surface area contributed by atoms with Gasteiger partial charge in [0, 0.05) is 28.2 Å². The summed E-state index contributed by atoms with van der Waals surface area (Å²) in [5.41, 5.74) is 2.48. The van der Waals surface area contributed by atoms with Crippen molar-refractivity contribution < 1.29 is 9.53 Å². The highest BCUT2D eigenvalue weighted by Crippen LogP contribution is 2.10. The van der Waals surface area contributed by atoms with Crippen LogP contribution in [-0.2, 0) is 17.9 Å². The summed E-state index contributed by atoms with van der Waals surface area (Å²) in [6.45, 7) is 0.777. The Morgan fingerprint density at radius 1 is 0.920 bits per heavy atom. The predicted octanol–water partition coefficient (Wildman–Crippen LogP) is 3.02. The Bertz CT molecular complexity index is 715. The molecule has 2 aromatic rings. The van der Waals surface area contributed by atoms with E-state index < -0.39 is 0 Å². The predicted molar refractivity (Wildman–Crippen MR) is 101 cm³/mol. The van der Waals surface area contributed by atoms with Crippen LogP contribution in [0.3, 0.4) is 0 Å². The van der Waals surface area contributed by atoms with E-state index in [9.17, 15) is 4.79 Å². The molecule has 0 saturated heterocycles. The quantitative estimate of drug-likeness (QED) is 0.477. The van der Waals surface area contributed by atoms with E-state index in [-0.39, 0.29) is 12.6 Å². The van der Waals surface area contributed by atoms with Crippen molar-refractivity contribution in [1.29, 1.82) is 0 Å². The van der Waals surface area contributed by atoms with E-state index in [0.29, 0.717) is 12.1 Å². The maximum Gasteiger partial charge on any atom is 0.338 e. The summed E-state index contributed by atoms with van der Waals surface area (Å²) >= 11 is 0. The molecule has 0 aliphatic rings. The molecule has 0 aliphatic heterocycles. The van der Waals surface area contributed by atoms with Crippen LogP contribution >= 0.6 is 0 Å². The number of nitrogens with zero attached hydrogens (tertiary/aromatic N) is 3. The molecule has 0 N–H and O–H groups in total. The third kappa shape index (κ3) is 5.64. The summed E-state index contributed by atoms with van der Waals surface area (Å²) < 4.78 is 5.38. The molecule has 132 valence electrons. The third-order valence-electron chi connectivity index (χ3n) is 3.58. The van der Waals surface area contributed by atoms with Crippen LogP contribution in [0.5, 0.6) is 0 Å². The van der Waals surface area contributed by atoms with Gasteiger partial charge in [0.15, 0.2) is 5.96 Å². The largest absolute Gasteiger partial charge is 0.457 e. The first-order valence-corrected chi connectivity index (χ1v) is 8.16. The molecule has 0 aromatic heterocycles. The molecule has 2 aromatic carbocycles. The fraction of sp³-hybridized carbons (Fsp3) is 0.300. The van der Waals surface area contributed by atoms with Gasteiger partial charge >= 0.3 is 5.97 Å². The zero-order valence-corrected chi connectivity index (χ0v) is 15.3. The Morgan fingerprint density at radius 3 is 2.20 bits per heavy atom. The van der Waals surface area contributed by atoms with Crippen molar-refractivity contribution in [3.63, 3.8) is 0 Å². The first kappa shape index (κ1) is 18.5. The van der Waals surface area contributed by atoms with Gasteiger partial charge in [-0.05, 0) is 23.3 Å². The third-order valence-corrected chi connectivity index (χ3v) is 3.58. The van der Waals surface area contributed by atoms with Gasteiger partial charge in [-0.25, -0.2) is 9.79 Å². The van der Waals surface area contributed by atoms with E-state index in [2.05, 4.69) is 4.99 Å². The molecule has 0 aliphatic carbocycles. The lowest BCUT2D eigenvalue weighted by Gasteiger charge is -2.22. The molecule has 0 spiro atoms. The second-order valence-electron chi connectivity index (χ2n) is 6.17. The summed E-state index contributed by atoms with van der Waals surface area (Å²) in [5.74, 6) is 0.548. The number of rotatable bonds is 5. The molecule has 0 bridgehead atoms. The molecule has 25 heavy (non-hydrogen) atoms. The average Bonchev–Trinajstić information content (AvgIpc) is 2.60. The Morgan fingerprint density at radius 2 is 1.56 bits per heavy atom. The number of ether oxygens (including phenoxy) is 1. The maximum atomic E-state index is 12.3. The standard InChI is InChI=1S/C20H25N3O2/c1-22(2)20(23(3)4)21-14-17-11-8-12-18(13-17)19(24)25-15-16-9-6-5-7-10-16/h5-13H,14-15H2,1-4H3. The van der Waals surface area contributed by atoms with E-state index in [1.807, 2.05) is 86.5 Å². The Balaban J connectivity index is 2.02. The molecule has 0 saturated carbocycles. The fourth-order valence-corrected chi connectivity index (χ4v) is 2.45. The van der Waals surface area contributed by atoms with Crippen molar-refractivity contribution >= 4 is 11.9 Å². The van der Waals surface area contributed by atoms with Crippen LogP contribution in [0.2, 0.25) is 0 Å². The van der Waals surface area contributed by atoms with Crippen molar-refractivity contribution in [2.75, 3.05) is 28.2 Å². The average molecular weight is 339 g/mol. The molecule has 0 radical (unpaired) electrons. The highest BCUT2D eigenvalue weighted by atomic mass is 16.5. The number of hydrogen-bond acceptors (Lipinski definition) is 3. The van der Waals surface area contributed by atoms with E-state index in [1.165, 1.54) is 0 Å². The van der Waals surface area contributed by atoms with E-state index in [4.69, 9.17) is 4.74 Å². The van der Waals surface area contributed by atoms with Crippen LogP contribution in [0.4, 0.5) is 0 Å². The number of guanidine groups is 1. The van der Waals surface area contributed by atoms with Crippen molar-refractivity contribution in [2.45, 2.75) is 13.2 Å². The van der Waals surface area contributed by atoms with Crippen LogP contribution in [0.15, 0.2) is 59.6 Å². The zero-order chi connectivity index (χ0) is 18.2. The van der Waals surface area contributed by atoms with E-state index >= 15 is 0 Å². The lowest BCUT2D eigenvalue weighted by Crippen LogP contribution is -2.35. The number of carbonyl (C=O) groups excluding carboxylic acids is 1. The summed E-state index contributed by atoms with van der Waals surface area (Å²) in [6.07, 6.45) is 0. The van der Waals surface area contributed by atoms with Crippen LogP contribution in [0.25, 0.3) is 0 Å². The van der Waals surface area contributed by atoms with Gasteiger partial charge in [-0.3, -0.25) is 0 Å². The minimum Gasteiger partial charge on any atom is -0.457 e. The number of hydrogen-bond donors (Lipinski definition) is 0. The maximum absolute atomic E-state index is 12.3. The first-order chi connectivity index (χ1) is 12.0. The molecule has 5 heteroatoms. The van der Waals surface area contributed by atoms with Crippen LogP contribution in [0.1, 0.15) is 21.5 Å². The Kier molecular flexibility index (Phi) is 6.57. The van der Waals surface area contributed by atoms with Crippen molar-refractivity contribution in [3.05, 3.63) is 71.3 Å². The Labute approximate surface area is 149 Å². The fourth-order valence-electron chi connectivity index (χ4n) is 2.45. The molecule has 0 atom stereocenters. The summed E-state index contributed by atoms with van der Waals surface area (Å²) in [6, 6.07) is 17.1. The molecule has 5 nitrogen and oxygen atoms in total. The minimum atomic E-state index is -0.324. The number of esters is 1. The lowest BCUT2D eigenvalue weighted by atomic mass is 10.1. The first-order valence-electron chi connectivity index (χ1n) is 8.16. The highest BCUT2D eigenvalue weighted by Gasteiger charge is 2.09. The lowest BCUT2D eigenvalue weighted by molar-refractivity contribution is 0.0472. The van der Waals surface area contributed by atoms with Gasteiger partial charge in [-0.2, -0.15) is 0 Å². The molecular weight excluding hydrogens is 314 g/mol. The molecule has 0 heterocycles. The normalized spacial score (nSPS) is 10.1. The number of aliphatic imine (C=N–C) groups is 1. The summed E-state index contributed by atoms with van der Waals surface area (Å²) in [7, 11) is 7.82. The Hall–Kier alpha value is -2.82. The van der Waals surface area contributed by atoms with Gasteiger partial charge in [0.25, 0.3) is 0 Å². The summed E-state index contributed by atoms with van der Waals surface area (Å²) in [5, 5.41) is 0. The van der Waals surface area contributed by atoms with Crippen molar-refractivity contribution in [2.24, 2.45) is 4.99 Å². The van der Waals surface area contributed by atoms with Gasteiger partial charge in [0.1, 0.15) is 6.61 Å². The van der Waals surface area contributed by atoms with Crippen LogP contribution in [0, 0.1) is 0 Å². The molecule has 0 unspecified atom stereocenters. The number of carbonyl (C=O) groups is 1. The number of benzene rings is 2. The van der Waals surface area contributed by atoms with Crippen molar-refractivity contribution in [3.8, 4) is 0 Å². The smallest absolute Gasteiger partial charge is 0.338 e. The zero-order valence-electron chi connectivity index (χ0n) is 15.3. The monoisotopic (exact) mass is 339 g/mol. The van der Waals surface area contributed by atoms with Crippen molar-refractivity contribution in [1.82, 2.24) is 9.80 Å². The van der Waals surface area contributed by atoms with Gasteiger partial charge in [0.05, 0.1) is 12.1 Å². The van der Waals surface area contributed by atoms with Gasteiger partial charge < -0.3 is 14.5 Å². The van der Waals surface area contributed by atoms with Gasteiger partial charge in [0.2, 0.25) is 0 Å². The molecule has 0 amide bonds. The van der Waals surface area contributed by atoms with E-state index in [0.717, 1.165) is 17.1 Å². The van der Waals surface area contributed by atoms with Gasteiger partial charge in [-0.1, -0.05) is 42.5 Å². The van der Waals surface area contributed by atoms with Crippen LogP contribution in [-0.4, -0.2) is 49.9 Å². The van der Waals surface area contributed by atoms with Gasteiger partial charge in [-0.15, -0.1) is 0 Å². The second kappa shape index (κ2) is 8.87. The molecular formula is C20H25N3O2. The van der Waals surface area contributed by atoms with E-state index in [1.54, 1.807) is 6.07 Å². The second-order valence-corrected chi connectivity index (χ2v) is 6.17.